The second-order valence-electron chi connectivity index (χ2n) is 9.52. The summed E-state index contributed by atoms with van der Waals surface area (Å²) >= 11 is 12.3. The number of pyridine rings is 1. The molecule has 1 amide bonds. The summed E-state index contributed by atoms with van der Waals surface area (Å²) in [4.78, 5) is 30.8. The number of rotatable bonds is 11. The fourth-order valence-corrected chi connectivity index (χ4v) is 4.78. The lowest BCUT2D eigenvalue weighted by Gasteiger charge is -2.29. The number of aromatic nitrogens is 1. The molecule has 0 bridgehead atoms. The number of ketones is 1. The highest BCUT2D eigenvalue weighted by molar-refractivity contribution is 6.31. The molecule has 36 heavy (non-hydrogen) atoms. The quantitative estimate of drug-likeness (QED) is 0.348. The van der Waals surface area contributed by atoms with Crippen LogP contribution in [0.25, 0.3) is 0 Å². The molecule has 1 unspecified atom stereocenters. The van der Waals surface area contributed by atoms with Gasteiger partial charge in [0.15, 0.2) is 5.78 Å². The number of hydrogen-bond acceptors (Lipinski definition) is 4. The fourth-order valence-electron chi connectivity index (χ4n) is 4.41. The number of Topliss-reactive ketones (excluding diaryl/α,β-unsaturated/α-hetero) is 1. The largest absolute Gasteiger partial charge is 0.395 e. The van der Waals surface area contributed by atoms with E-state index >= 15 is 0 Å². The predicted octanol–water partition coefficient (Wildman–Crippen LogP) is 6.09. The van der Waals surface area contributed by atoms with Crippen molar-refractivity contribution in [2.45, 2.75) is 57.2 Å². The molecule has 1 saturated carbocycles. The summed E-state index contributed by atoms with van der Waals surface area (Å²) in [6.07, 6.45) is -2.66. The number of carbonyl (C=O) groups excluding carboxylic acids is 2. The van der Waals surface area contributed by atoms with Gasteiger partial charge in [0, 0.05) is 53.8 Å². The van der Waals surface area contributed by atoms with Crippen LogP contribution in [0.15, 0.2) is 36.5 Å². The minimum atomic E-state index is -4.44. The molecule has 1 aromatic carbocycles. The number of hydrogen-bond donors (Lipinski definition) is 1. The van der Waals surface area contributed by atoms with Gasteiger partial charge in [-0.15, -0.1) is 0 Å². The Labute approximate surface area is 219 Å². The number of likely N-dealkylation sites (N-methyl/N-ethyl adjacent to an activating group) is 1. The normalized spacial score (nSPS) is 16.5. The van der Waals surface area contributed by atoms with E-state index in [0.29, 0.717) is 28.5 Å². The summed E-state index contributed by atoms with van der Waals surface area (Å²) in [5.41, 5.74) is -0.379. The Bertz CT molecular complexity index is 1090. The molecule has 3 rings (SSSR count). The highest BCUT2D eigenvalue weighted by Crippen LogP contribution is 2.65. The predicted molar refractivity (Wildman–Crippen MR) is 135 cm³/mol. The first-order valence-electron chi connectivity index (χ1n) is 11.8. The SMILES string of the molecule is CCC(=O)c1ccc(C[C@@H](CNC(=O)CC(c2ccc(Cl)cn2)C2(C(F)(F)F)CC2)N(C)C)c(Cl)c1. The summed E-state index contributed by atoms with van der Waals surface area (Å²) in [5, 5.41) is 3.58. The molecule has 1 fully saturated rings. The average Bonchev–Trinajstić information content (AvgIpc) is 3.63. The number of benzene rings is 1. The van der Waals surface area contributed by atoms with E-state index in [1.165, 1.54) is 18.3 Å². The monoisotopic (exact) mass is 543 g/mol. The van der Waals surface area contributed by atoms with Crippen LogP contribution >= 0.6 is 23.2 Å². The van der Waals surface area contributed by atoms with E-state index in [0.717, 1.165) is 5.56 Å². The first-order valence-corrected chi connectivity index (χ1v) is 12.6. The van der Waals surface area contributed by atoms with Crippen LogP contribution in [0.2, 0.25) is 10.0 Å². The van der Waals surface area contributed by atoms with Crippen molar-refractivity contribution in [2.75, 3.05) is 20.6 Å². The second kappa shape index (κ2) is 11.5. The number of carbonyl (C=O) groups is 2. The highest BCUT2D eigenvalue weighted by atomic mass is 35.5. The van der Waals surface area contributed by atoms with Crippen LogP contribution < -0.4 is 5.32 Å². The van der Waals surface area contributed by atoms with Crippen LogP contribution in [0.5, 0.6) is 0 Å². The Kier molecular flexibility index (Phi) is 9.06. The molecular formula is C26H30Cl2F3N3O2. The van der Waals surface area contributed by atoms with Gasteiger partial charge in [-0.3, -0.25) is 14.6 Å². The summed E-state index contributed by atoms with van der Waals surface area (Å²) < 4.78 is 41.8. The zero-order valence-electron chi connectivity index (χ0n) is 20.5. The molecule has 2 aromatic rings. The van der Waals surface area contributed by atoms with Gasteiger partial charge in [0.25, 0.3) is 0 Å². The third-order valence-corrected chi connectivity index (χ3v) is 7.51. The smallest absolute Gasteiger partial charge is 0.355 e. The zero-order valence-corrected chi connectivity index (χ0v) is 22.0. The van der Waals surface area contributed by atoms with Crippen LogP contribution in [0.4, 0.5) is 13.2 Å². The highest BCUT2D eigenvalue weighted by Gasteiger charge is 2.67. The van der Waals surface area contributed by atoms with E-state index in [4.69, 9.17) is 23.2 Å². The van der Waals surface area contributed by atoms with E-state index in [1.807, 2.05) is 19.0 Å². The van der Waals surface area contributed by atoms with E-state index in [-0.39, 0.29) is 43.3 Å². The van der Waals surface area contributed by atoms with Crippen molar-refractivity contribution in [1.29, 1.82) is 0 Å². The molecule has 0 spiro atoms. The topological polar surface area (TPSA) is 62.3 Å². The Balaban J connectivity index is 1.70. The van der Waals surface area contributed by atoms with Gasteiger partial charge in [0.05, 0.1) is 10.4 Å². The Morgan fingerprint density at radius 2 is 1.86 bits per heavy atom. The van der Waals surface area contributed by atoms with Gasteiger partial charge in [-0.25, -0.2) is 0 Å². The van der Waals surface area contributed by atoms with Gasteiger partial charge in [-0.05, 0) is 57.1 Å². The first-order chi connectivity index (χ1) is 16.9. The van der Waals surface area contributed by atoms with E-state index in [2.05, 4.69) is 10.3 Å². The van der Waals surface area contributed by atoms with Crippen LogP contribution in [0, 0.1) is 5.41 Å². The minimum Gasteiger partial charge on any atom is -0.355 e. The van der Waals surface area contributed by atoms with Gasteiger partial charge in [0.2, 0.25) is 5.91 Å². The van der Waals surface area contributed by atoms with Crippen LogP contribution in [-0.2, 0) is 11.2 Å². The van der Waals surface area contributed by atoms with E-state index in [1.54, 1.807) is 25.1 Å². The lowest BCUT2D eigenvalue weighted by molar-refractivity contribution is -0.195. The molecule has 0 aliphatic heterocycles. The molecule has 196 valence electrons. The Morgan fingerprint density at radius 1 is 1.17 bits per heavy atom. The minimum absolute atomic E-state index is 0.00287. The molecule has 1 aromatic heterocycles. The van der Waals surface area contributed by atoms with Gasteiger partial charge in [0.1, 0.15) is 0 Å². The van der Waals surface area contributed by atoms with Crippen molar-refractivity contribution in [1.82, 2.24) is 15.2 Å². The van der Waals surface area contributed by atoms with Gasteiger partial charge >= 0.3 is 6.18 Å². The average molecular weight is 544 g/mol. The summed E-state index contributed by atoms with van der Waals surface area (Å²) in [5.74, 6) is -1.57. The maximum Gasteiger partial charge on any atom is 0.395 e. The number of amides is 1. The molecule has 0 saturated heterocycles. The van der Waals surface area contributed by atoms with E-state index < -0.39 is 23.4 Å². The van der Waals surface area contributed by atoms with Crippen molar-refractivity contribution in [2.24, 2.45) is 5.41 Å². The summed E-state index contributed by atoms with van der Waals surface area (Å²) in [7, 11) is 3.70. The Hall–Kier alpha value is -2.16. The van der Waals surface area contributed by atoms with Crippen molar-refractivity contribution in [3.63, 3.8) is 0 Å². The van der Waals surface area contributed by atoms with Crippen molar-refractivity contribution >= 4 is 34.9 Å². The summed E-state index contributed by atoms with van der Waals surface area (Å²) in [6, 6.07) is 7.96. The van der Waals surface area contributed by atoms with E-state index in [9.17, 15) is 22.8 Å². The number of nitrogens with zero attached hydrogens (tertiary/aromatic N) is 2. The maximum atomic E-state index is 13.9. The molecule has 2 atom stereocenters. The van der Waals surface area contributed by atoms with Crippen molar-refractivity contribution in [3.8, 4) is 0 Å². The zero-order chi connectivity index (χ0) is 26.7. The molecule has 0 radical (unpaired) electrons. The van der Waals surface area contributed by atoms with Crippen LogP contribution in [0.1, 0.15) is 60.1 Å². The van der Waals surface area contributed by atoms with Crippen LogP contribution in [-0.4, -0.2) is 54.4 Å². The van der Waals surface area contributed by atoms with Crippen molar-refractivity contribution < 1.29 is 22.8 Å². The fraction of sp³-hybridized carbons (Fsp3) is 0.500. The molecule has 1 heterocycles. The molecular weight excluding hydrogens is 514 g/mol. The lowest BCUT2D eigenvalue weighted by Crippen LogP contribution is -2.43. The standard InChI is InChI=1S/C26H30Cl2F3N3O2/c1-4-23(35)17-6-5-16(21(28)12-17)11-19(34(2)3)15-33-24(36)13-20(22-8-7-18(27)14-32-22)25(9-10-25)26(29,30)31/h5-8,12,14,19-20H,4,9-11,13,15H2,1-3H3,(H,33,36)/t19-,20?/m0/s1. The van der Waals surface area contributed by atoms with Crippen molar-refractivity contribution in [3.05, 3.63) is 63.4 Å². The summed E-state index contributed by atoms with van der Waals surface area (Å²) in [6.45, 7) is 2.00. The van der Waals surface area contributed by atoms with Crippen LogP contribution in [0.3, 0.4) is 0 Å². The number of halogens is 5. The maximum absolute atomic E-state index is 13.9. The number of nitrogens with one attached hydrogen (secondary N) is 1. The molecule has 1 aliphatic carbocycles. The third kappa shape index (κ3) is 6.58. The Morgan fingerprint density at radius 3 is 2.36 bits per heavy atom. The number of alkyl halides is 3. The lowest BCUT2D eigenvalue weighted by atomic mass is 9.82. The van der Waals surface area contributed by atoms with Gasteiger partial charge in [-0.2, -0.15) is 13.2 Å². The molecule has 1 N–H and O–H groups in total. The third-order valence-electron chi connectivity index (χ3n) is 6.93. The second-order valence-corrected chi connectivity index (χ2v) is 10.4. The molecule has 10 heteroatoms. The first kappa shape index (κ1) is 28.4. The molecule has 5 nitrogen and oxygen atoms in total. The molecule has 1 aliphatic rings. The van der Waals surface area contributed by atoms with Gasteiger partial charge in [-0.1, -0.05) is 42.3 Å². The van der Waals surface area contributed by atoms with Gasteiger partial charge < -0.3 is 10.2 Å².